The average Bonchev–Trinajstić information content (AvgIpc) is 2.36. The van der Waals surface area contributed by atoms with Crippen LogP contribution in [0.15, 0.2) is 30.3 Å². The van der Waals surface area contributed by atoms with Crippen molar-refractivity contribution in [2.24, 2.45) is 0 Å². The van der Waals surface area contributed by atoms with Crippen LogP contribution in [-0.2, 0) is 9.53 Å². The first kappa shape index (κ1) is 12.4. The number of methoxy groups -OCH3 is 1. The molecule has 1 rings (SSSR count). The van der Waals surface area contributed by atoms with Crippen LogP contribution in [0.25, 0.3) is 0 Å². The number of esters is 1. The van der Waals surface area contributed by atoms with Crippen LogP contribution in [0.2, 0.25) is 0 Å². The fourth-order valence-corrected chi connectivity index (χ4v) is 1.38. The smallest absolute Gasteiger partial charge is 0.351 e. The summed E-state index contributed by atoms with van der Waals surface area (Å²) < 4.78 is 18.5. The van der Waals surface area contributed by atoms with Gasteiger partial charge in [-0.15, -0.1) is 0 Å². The minimum absolute atomic E-state index is 0.164. The molecule has 0 heterocycles. The third-order valence-electron chi connectivity index (χ3n) is 2.39. The number of alkyl halides is 1. The Bertz CT molecular complexity index is 389. The molecule has 0 saturated carbocycles. The summed E-state index contributed by atoms with van der Waals surface area (Å²) in [6.07, 6.45) is -0.243. The molecule has 16 heavy (non-hydrogen) atoms. The Morgan fingerprint density at radius 3 is 2.31 bits per heavy atom. The van der Waals surface area contributed by atoms with Crippen LogP contribution in [0.5, 0.6) is 0 Å². The van der Waals surface area contributed by atoms with Gasteiger partial charge in [-0.1, -0.05) is 37.3 Å². The number of rotatable bonds is 4. The molecule has 0 radical (unpaired) electrons. The molecule has 0 amide bonds. The molecule has 1 aromatic rings. The van der Waals surface area contributed by atoms with Crippen molar-refractivity contribution in [3.63, 3.8) is 0 Å². The van der Waals surface area contributed by atoms with Gasteiger partial charge in [0.05, 0.1) is 7.11 Å². The van der Waals surface area contributed by atoms with Crippen LogP contribution in [0.4, 0.5) is 4.39 Å². The van der Waals surface area contributed by atoms with Crippen LogP contribution in [0.3, 0.4) is 0 Å². The second-order valence-corrected chi connectivity index (χ2v) is 3.34. The number of carbonyl (C=O) groups excluding carboxylic acids is 2. The van der Waals surface area contributed by atoms with Gasteiger partial charge in [0.1, 0.15) is 0 Å². The van der Waals surface area contributed by atoms with Gasteiger partial charge in [0.15, 0.2) is 0 Å². The largest absolute Gasteiger partial charge is 0.466 e. The number of halogens is 1. The quantitative estimate of drug-likeness (QED) is 0.447. The molecule has 1 atom stereocenters. The van der Waals surface area contributed by atoms with Gasteiger partial charge in [-0.05, 0) is 6.42 Å². The zero-order chi connectivity index (χ0) is 12.2. The Morgan fingerprint density at radius 2 is 1.88 bits per heavy atom. The molecule has 0 bridgehead atoms. The van der Waals surface area contributed by atoms with E-state index in [1.807, 2.05) is 0 Å². The third-order valence-corrected chi connectivity index (χ3v) is 2.39. The topological polar surface area (TPSA) is 43.4 Å². The van der Waals surface area contributed by atoms with E-state index in [1.54, 1.807) is 18.2 Å². The van der Waals surface area contributed by atoms with Crippen molar-refractivity contribution < 1.29 is 18.7 Å². The van der Waals surface area contributed by atoms with E-state index in [1.165, 1.54) is 19.1 Å². The number of benzene rings is 1. The molecular formula is C12H13FO3. The summed E-state index contributed by atoms with van der Waals surface area (Å²) in [7, 11) is 1.06. The molecule has 0 aromatic heterocycles. The highest BCUT2D eigenvalue weighted by molar-refractivity contribution is 6.15. The molecule has 0 aliphatic carbocycles. The lowest BCUT2D eigenvalue weighted by atomic mass is 9.92. The van der Waals surface area contributed by atoms with Crippen molar-refractivity contribution in [1.82, 2.24) is 0 Å². The second-order valence-electron chi connectivity index (χ2n) is 3.34. The molecule has 1 aromatic carbocycles. The van der Waals surface area contributed by atoms with Crippen molar-refractivity contribution in [2.45, 2.75) is 19.0 Å². The van der Waals surface area contributed by atoms with E-state index in [9.17, 15) is 14.0 Å². The van der Waals surface area contributed by atoms with Crippen LogP contribution >= 0.6 is 0 Å². The lowest BCUT2D eigenvalue weighted by Crippen LogP contribution is -2.42. The predicted molar refractivity (Wildman–Crippen MR) is 56.9 cm³/mol. The predicted octanol–water partition coefficient (Wildman–Crippen LogP) is 2.16. The molecule has 0 N–H and O–H groups in total. The standard InChI is InChI=1S/C12H13FO3/c1-3-12(13,11(15)16-2)10(14)9-7-5-4-6-8-9/h4-8H,3H2,1-2H3. The summed E-state index contributed by atoms with van der Waals surface area (Å²) in [6.45, 7) is 1.43. The summed E-state index contributed by atoms with van der Waals surface area (Å²) in [5.74, 6) is -2.01. The lowest BCUT2D eigenvalue weighted by Gasteiger charge is -2.19. The minimum Gasteiger partial charge on any atom is -0.466 e. The maximum atomic E-state index is 14.2. The summed E-state index contributed by atoms with van der Waals surface area (Å²) in [5.41, 5.74) is -2.42. The van der Waals surface area contributed by atoms with Crippen molar-refractivity contribution >= 4 is 11.8 Å². The Hall–Kier alpha value is -1.71. The third kappa shape index (κ3) is 2.10. The van der Waals surface area contributed by atoms with Crippen LogP contribution in [0, 0.1) is 0 Å². The van der Waals surface area contributed by atoms with E-state index in [-0.39, 0.29) is 12.0 Å². The van der Waals surface area contributed by atoms with E-state index in [0.717, 1.165) is 7.11 Å². The second kappa shape index (κ2) is 4.88. The summed E-state index contributed by atoms with van der Waals surface area (Å²) in [5, 5.41) is 0. The van der Waals surface area contributed by atoms with Gasteiger partial charge in [0.2, 0.25) is 5.78 Å². The van der Waals surface area contributed by atoms with Crippen LogP contribution < -0.4 is 0 Å². The molecule has 3 nitrogen and oxygen atoms in total. The summed E-state index contributed by atoms with van der Waals surface area (Å²) >= 11 is 0. The molecule has 4 heteroatoms. The van der Waals surface area contributed by atoms with Gasteiger partial charge < -0.3 is 4.74 Å². The molecule has 0 saturated heterocycles. The van der Waals surface area contributed by atoms with E-state index in [2.05, 4.69) is 4.74 Å². The number of ether oxygens (including phenoxy) is 1. The van der Waals surface area contributed by atoms with Gasteiger partial charge in [-0.3, -0.25) is 4.79 Å². The highest BCUT2D eigenvalue weighted by Crippen LogP contribution is 2.23. The van der Waals surface area contributed by atoms with Gasteiger partial charge in [-0.25, -0.2) is 9.18 Å². The summed E-state index contributed by atoms with van der Waals surface area (Å²) in [4.78, 5) is 23.1. The monoisotopic (exact) mass is 224 g/mol. The molecule has 0 aliphatic heterocycles. The fraction of sp³-hybridized carbons (Fsp3) is 0.333. The van der Waals surface area contributed by atoms with Crippen molar-refractivity contribution in [3.05, 3.63) is 35.9 Å². The van der Waals surface area contributed by atoms with Crippen molar-refractivity contribution in [1.29, 1.82) is 0 Å². The number of hydrogen-bond donors (Lipinski definition) is 0. The maximum absolute atomic E-state index is 14.2. The fourth-order valence-electron chi connectivity index (χ4n) is 1.38. The Kier molecular flexibility index (Phi) is 3.77. The van der Waals surface area contributed by atoms with Gasteiger partial charge >= 0.3 is 5.97 Å². The van der Waals surface area contributed by atoms with Gasteiger partial charge in [0.25, 0.3) is 5.67 Å². The van der Waals surface area contributed by atoms with E-state index >= 15 is 0 Å². The van der Waals surface area contributed by atoms with Crippen LogP contribution in [0.1, 0.15) is 23.7 Å². The molecule has 1 unspecified atom stereocenters. The van der Waals surface area contributed by atoms with Crippen molar-refractivity contribution in [2.75, 3.05) is 7.11 Å². The zero-order valence-electron chi connectivity index (χ0n) is 9.20. The molecule has 0 spiro atoms. The lowest BCUT2D eigenvalue weighted by molar-refractivity contribution is -0.151. The average molecular weight is 224 g/mol. The van der Waals surface area contributed by atoms with E-state index < -0.39 is 17.4 Å². The number of hydrogen-bond acceptors (Lipinski definition) is 3. The first-order valence-electron chi connectivity index (χ1n) is 4.93. The molecule has 0 fully saturated rings. The molecular weight excluding hydrogens is 211 g/mol. The number of carbonyl (C=O) groups is 2. The van der Waals surface area contributed by atoms with Gasteiger partial charge in [-0.2, -0.15) is 0 Å². The highest BCUT2D eigenvalue weighted by atomic mass is 19.1. The highest BCUT2D eigenvalue weighted by Gasteiger charge is 2.46. The summed E-state index contributed by atoms with van der Waals surface area (Å²) in [6, 6.07) is 7.87. The maximum Gasteiger partial charge on any atom is 0.351 e. The van der Waals surface area contributed by atoms with E-state index in [4.69, 9.17) is 0 Å². The minimum atomic E-state index is -2.59. The number of Topliss-reactive ketones (excluding diaryl/α,β-unsaturated/α-hetero) is 1. The van der Waals surface area contributed by atoms with Gasteiger partial charge in [0, 0.05) is 5.56 Å². The Morgan fingerprint density at radius 1 is 1.31 bits per heavy atom. The van der Waals surface area contributed by atoms with E-state index in [0.29, 0.717) is 0 Å². The zero-order valence-corrected chi connectivity index (χ0v) is 9.20. The SMILES string of the molecule is CCC(F)(C(=O)OC)C(=O)c1ccccc1. The molecule has 0 aliphatic rings. The normalized spacial score (nSPS) is 13.9. The first-order chi connectivity index (χ1) is 7.56. The van der Waals surface area contributed by atoms with Crippen molar-refractivity contribution in [3.8, 4) is 0 Å². The van der Waals surface area contributed by atoms with Crippen LogP contribution in [-0.4, -0.2) is 24.5 Å². The Balaban J connectivity index is 3.07. The Labute approximate surface area is 93.2 Å². The first-order valence-corrected chi connectivity index (χ1v) is 4.93. The number of ketones is 1. The molecule has 86 valence electrons.